The van der Waals surface area contributed by atoms with Gasteiger partial charge in [-0.05, 0) is 61.4 Å². The van der Waals surface area contributed by atoms with Crippen LogP contribution in [0.15, 0.2) is 66.7 Å². The average Bonchev–Trinajstić information content (AvgIpc) is 3.22. The highest BCUT2D eigenvalue weighted by Gasteiger charge is 2.49. The maximum absolute atomic E-state index is 14.1. The van der Waals surface area contributed by atoms with Crippen LogP contribution in [0.5, 0.6) is 0 Å². The molecular formula is C42H51N5O12. The summed E-state index contributed by atoms with van der Waals surface area (Å²) >= 11 is 0. The number of nitrogens with one attached hydrogen (secondary N) is 4. The third-order valence-electron chi connectivity index (χ3n) is 10.1. The van der Waals surface area contributed by atoms with Crippen molar-refractivity contribution in [2.75, 3.05) is 19.8 Å². The highest BCUT2D eigenvalue weighted by atomic mass is 16.6. The Morgan fingerprint density at radius 3 is 2.03 bits per heavy atom. The third kappa shape index (κ3) is 11.6. The van der Waals surface area contributed by atoms with Crippen LogP contribution in [0.4, 0.5) is 0 Å². The summed E-state index contributed by atoms with van der Waals surface area (Å²) in [5.74, 6) is -9.15. The van der Waals surface area contributed by atoms with Crippen molar-refractivity contribution in [3.63, 3.8) is 0 Å². The van der Waals surface area contributed by atoms with Crippen molar-refractivity contribution >= 4 is 58.2 Å². The van der Waals surface area contributed by atoms with Gasteiger partial charge in [0.25, 0.3) is 5.60 Å². The van der Waals surface area contributed by atoms with Crippen LogP contribution in [0.25, 0.3) is 10.8 Å². The van der Waals surface area contributed by atoms with Crippen molar-refractivity contribution < 1.29 is 58.0 Å². The Labute approximate surface area is 340 Å². The van der Waals surface area contributed by atoms with Gasteiger partial charge in [0.2, 0.25) is 23.6 Å². The maximum atomic E-state index is 14.1. The molecule has 0 bridgehead atoms. The number of rotatable bonds is 19. The largest absolute Gasteiger partial charge is 0.474 e. The highest BCUT2D eigenvalue weighted by molar-refractivity contribution is 6.32. The molecule has 3 aromatic carbocycles. The first kappa shape index (κ1) is 45.3. The number of nitrogens with two attached hydrogens (primary N) is 1. The van der Waals surface area contributed by atoms with Gasteiger partial charge in [0, 0.05) is 18.5 Å². The second kappa shape index (κ2) is 20.9. The lowest BCUT2D eigenvalue weighted by Gasteiger charge is -2.38. The molecule has 3 aromatic rings. The summed E-state index contributed by atoms with van der Waals surface area (Å²) in [6, 6.07) is 16.1. The van der Waals surface area contributed by atoms with Gasteiger partial charge in [0.05, 0.1) is 19.6 Å². The molecule has 4 rings (SSSR count). The van der Waals surface area contributed by atoms with Gasteiger partial charge < -0.3 is 46.7 Å². The first-order valence-corrected chi connectivity index (χ1v) is 19.5. The summed E-state index contributed by atoms with van der Waals surface area (Å²) < 4.78 is 9.81. The minimum absolute atomic E-state index is 0.120. The van der Waals surface area contributed by atoms with Gasteiger partial charge in [-0.15, -0.1) is 0 Å². The molecule has 1 aliphatic carbocycles. The lowest BCUT2D eigenvalue weighted by atomic mass is 9.80. The molecule has 5 amide bonds. The van der Waals surface area contributed by atoms with Gasteiger partial charge in [-0.1, -0.05) is 86.0 Å². The number of carbonyl (C=O) groups is 8. The SMILES string of the molecule is CCOC(=O)C(O)(C(=O)OCC)c1ccc(C[C@H](NC(=O)C(=O)O)C(=O)NC2(C(=O)N[C@@H](CC(N)=O)C(=O)NCCCc3cccc4ccccc34)CCCCC2)cc1. The van der Waals surface area contributed by atoms with Gasteiger partial charge in [0.1, 0.15) is 17.6 Å². The zero-order valence-corrected chi connectivity index (χ0v) is 33.0. The van der Waals surface area contributed by atoms with E-state index in [2.05, 4.69) is 21.3 Å². The summed E-state index contributed by atoms with van der Waals surface area (Å²) in [7, 11) is 0. The Kier molecular flexibility index (Phi) is 16.0. The van der Waals surface area contributed by atoms with Crippen LogP contribution in [0.3, 0.4) is 0 Å². The zero-order valence-electron chi connectivity index (χ0n) is 33.0. The molecule has 8 N–H and O–H groups in total. The number of carboxylic acid groups (broad SMARTS) is 1. The first-order valence-electron chi connectivity index (χ1n) is 19.5. The summed E-state index contributed by atoms with van der Waals surface area (Å²) in [6.45, 7) is 2.90. The smallest absolute Gasteiger partial charge is 0.394 e. The van der Waals surface area contributed by atoms with Gasteiger partial charge in [-0.3, -0.25) is 24.0 Å². The molecule has 17 heteroatoms. The van der Waals surface area contributed by atoms with Crippen molar-refractivity contribution in [1.82, 2.24) is 21.3 Å². The van der Waals surface area contributed by atoms with E-state index in [1.165, 1.54) is 38.1 Å². The highest BCUT2D eigenvalue weighted by Crippen LogP contribution is 2.30. The molecule has 0 spiro atoms. The van der Waals surface area contributed by atoms with Crippen LogP contribution in [-0.4, -0.2) is 95.0 Å². The molecule has 0 heterocycles. The zero-order chi connectivity index (χ0) is 43.2. The molecule has 316 valence electrons. The topological polar surface area (TPSA) is 270 Å². The number of hydrogen-bond donors (Lipinski definition) is 7. The van der Waals surface area contributed by atoms with Crippen molar-refractivity contribution in [2.24, 2.45) is 5.73 Å². The molecule has 17 nitrogen and oxygen atoms in total. The van der Waals surface area contributed by atoms with E-state index in [0.717, 1.165) is 22.8 Å². The maximum Gasteiger partial charge on any atom is 0.394 e. The van der Waals surface area contributed by atoms with E-state index < -0.39 is 77.1 Å². The lowest BCUT2D eigenvalue weighted by Crippen LogP contribution is -2.65. The number of aryl methyl sites for hydroxylation is 1. The average molecular weight is 818 g/mol. The number of esters is 2. The molecule has 1 fully saturated rings. The monoisotopic (exact) mass is 817 g/mol. The summed E-state index contributed by atoms with van der Waals surface area (Å²) in [4.78, 5) is 103. The van der Waals surface area contributed by atoms with E-state index in [-0.39, 0.29) is 50.1 Å². The number of carbonyl (C=O) groups excluding carboxylic acids is 7. The van der Waals surface area contributed by atoms with Gasteiger partial charge in [0.15, 0.2) is 0 Å². The van der Waals surface area contributed by atoms with Crippen molar-refractivity contribution in [1.29, 1.82) is 0 Å². The van der Waals surface area contributed by atoms with E-state index in [0.29, 0.717) is 25.7 Å². The second-order valence-electron chi connectivity index (χ2n) is 14.2. The molecule has 0 radical (unpaired) electrons. The fourth-order valence-corrected chi connectivity index (χ4v) is 7.06. The molecule has 0 saturated heterocycles. The second-order valence-corrected chi connectivity index (χ2v) is 14.2. The van der Waals surface area contributed by atoms with Crippen molar-refractivity contribution in [3.05, 3.63) is 83.4 Å². The van der Waals surface area contributed by atoms with E-state index in [1.54, 1.807) is 0 Å². The number of aliphatic carboxylic acids is 1. The van der Waals surface area contributed by atoms with E-state index in [9.17, 15) is 48.6 Å². The lowest BCUT2D eigenvalue weighted by molar-refractivity contribution is -0.184. The molecule has 0 aliphatic heterocycles. The van der Waals surface area contributed by atoms with Gasteiger partial charge in [-0.2, -0.15) is 0 Å². The first-order chi connectivity index (χ1) is 28.1. The van der Waals surface area contributed by atoms with Crippen LogP contribution in [0.1, 0.15) is 75.5 Å². The fraction of sp³-hybridized carbons (Fsp3) is 0.429. The van der Waals surface area contributed by atoms with Crippen molar-refractivity contribution in [2.45, 2.75) is 94.9 Å². The fourth-order valence-electron chi connectivity index (χ4n) is 7.06. The summed E-state index contributed by atoms with van der Waals surface area (Å²) in [5.41, 5.74) is 2.20. The van der Waals surface area contributed by atoms with Crippen LogP contribution in [0, 0.1) is 0 Å². The molecule has 0 unspecified atom stereocenters. The Morgan fingerprint density at radius 2 is 1.42 bits per heavy atom. The Hall–Kier alpha value is -6.36. The number of ether oxygens (including phenoxy) is 2. The number of fused-ring (bicyclic) bond motifs is 1. The normalized spacial score (nSPS) is 14.5. The van der Waals surface area contributed by atoms with Crippen LogP contribution in [-0.2, 0) is 66.3 Å². The minimum atomic E-state index is -2.82. The third-order valence-corrected chi connectivity index (χ3v) is 10.1. The molecule has 59 heavy (non-hydrogen) atoms. The van der Waals surface area contributed by atoms with Crippen LogP contribution >= 0.6 is 0 Å². The summed E-state index contributed by atoms with van der Waals surface area (Å²) in [6.07, 6.45) is 2.29. The van der Waals surface area contributed by atoms with E-state index >= 15 is 0 Å². The molecule has 0 aromatic heterocycles. The number of benzene rings is 3. The van der Waals surface area contributed by atoms with Gasteiger partial charge >= 0.3 is 23.8 Å². The number of aliphatic hydroxyl groups is 1. The summed E-state index contributed by atoms with van der Waals surface area (Å²) in [5, 5.41) is 32.9. The van der Waals surface area contributed by atoms with E-state index in [4.69, 9.17) is 15.2 Å². The number of amides is 5. The number of primary amides is 1. The van der Waals surface area contributed by atoms with Crippen molar-refractivity contribution in [3.8, 4) is 0 Å². The molecule has 2 atom stereocenters. The predicted molar refractivity (Wildman–Crippen MR) is 212 cm³/mol. The van der Waals surface area contributed by atoms with Crippen LogP contribution < -0.4 is 27.0 Å². The molecular weight excluding hydrogens is 766 g/mol. The minimum Gasteiger partial charge on any atom is -0.474 e. The Bertz CT molecular complexity index is 2010. The quantitative estimate of drug-likeness (QED) is 0.0389. The standard InChI is InChI=1S/C42H51N5O12/c1-3-58-39(55)42(57,40(56)59-4-2)29-19-17-26(18-20-29)24-31(45-36(51)37(52)53)35(50)47-41(21-8-5-9-22-41)38(54)46-32(25-33(43)48)34(49)44-23-11-15-28-14-10-13-27-12-6-7-16-30(27)28/h6-7,10,12-14,16-20,31-32,57H,3-5,8-9,11,15,21-25H2,1-2H3,(H2,43,48)(H,44,49)(H,45,51)(H,46,54)(H,47,50)(H,52,53)/t31-,32-/m0/s1. The predicted octanol–water partition coefficient (Wildman–Crippen LogP) is 1.19. The number of carboxylic acids is 1. The molecule has 1 aliphatic rings. The van der Waals surface area contributed by atoms with Crippen LogP contribution in [0.2, 0.25) is 0 Å². The van der Waals surface area contributed by atoms with Gasteiger partial charge in [-0.25, -0.2) is 14.4 Å². The van der Waals surface area contributed by atoms with E-state index in [1.807, 2.05) is 42.5 Å². The molecule has 1 saturated carbocycles. The Morgan fingerprint density at radius 1 is 0.797 bits per heavy atom. The Balaban J connectivity index is 1.51. The number of hydrogen-bond acceptors (Lipinski definition) is 11.